The standard InChI is InChI=1S/C21H25N5O3/c1-13(18(25(2)3)14-8-10-15(11-9-14)21(28)29-5)23-19-17-16(7-6-12-22-17)20(27)26(4)24-19/h6-13,18H,1-5H3,(H,23,24)/t13-,18+/m0/s1. The number of ether oxygens (including phenoxy) is 1. The first-order chi connectivity index (χ1) is 13.8. The summed E-state index contributed by atoms with van der Waals surface area (Å²) in [4.78, 5) is 30.5. The van der Waals surface area contributed by atoms with E-state index in [1.54, 1.807) is 37.5 Å². The first-order valence-corrected chi connectivity index (χ1v) is 9.26. The second kappa shape index (κ2) is 8.40. The number of aromatic nitrogens is 3. The van der Waals surface area contributed by atoms with Crippen molar-refractivity contribution in [2.24, 2.45) is 7.05 Å². The molecule has 2 heterocycles. The van der Waals surface area contributed by atoms with Crippen LogP contribution in [-0.2, 0) is 11.8 Å². The number of nitrogens with zero attached hydrogens (tertiary/aromatic N) is 4. The number of hydrogen-bond donors (Lipinski definition) is 1. The van der Waals surface area contributed by atoms with Crippen molar-refractivity contribution < 1.29 is 9.53 Å². The maximum Gasteiger partial charge on any atom is 0.337 e. The van der Waals surface area contributed by atoms with Crippen molar-refractivity contribution in [1.29, 1.82) is 0 Å². The molecular formula is C21H25N5O3. The Labute approximate surface area is 169 Å². The number of nitrogens with one attached hydrogen (secondary N) is 1. The van der Waals surface area contributed by atoms with Gasteiger partial charge in [-0.2, -0.15) is 5.10 Å². The molecule has 2 atom stereocenters. The summed E-state index contributed by atoms with van der Waals surface area (Å²) in [5.41, 5.74) is 1.89. The van der Waals surface area contributed by atoms with E-state index in [4.69, 9.17) is 4.74 Å². The van der Waals surface area contributed by atoms with Gasteiger partial charge in [0.1, 0.15) is 5.52 Å². The van der Waals surface area contributed by atoms with Crippen molar-refractivity contribution in [3.63, 3.8) is 0 Å². The summed E-state index contributed by atoms with van der Waals surface area (Å²) in [5, 5.41) is 8.31. The summed E-state index contributed by atoms with van der Waals surface area (Å²) >= 11 is 0. The number of hydrogen-bond acceptors (Lipinski definition) is 7. The number of likely N-dealkylation sites (N-methyl/N-ethyl adjacent to an activating group) is 1. The molecule has 0 saturated heterocycles. The van der Waals surface area contributed by atoms with Crippen LogP contribution in [0.4, 0.5) is 5.82 Å². The molecule has 0 aliphatic heterocycles. The van der Waals surface area contributed by atoms with Crippen LogP contribution < -0.4 is 10.9 Å². The summed E-state index contributed by atoms with van der Waals surface area (Å²) in [6.07, 6.45) is 1.65. The Bertz CT molecular complexity index is 1080. The second-order valence-corrected chi connectivity index (χ2v) is 7.13. The van der Waals surface area contributed by atoms with Crippen LogP contribution in [0, 0.1) is 0 Å². The molecule has 0 aliphatic rings. The molecule has 8 nitrogen and oxygen atoms in total. The van der Waals surface area contributed by atoms with Gasteiger partial charge in [-0.05, 0) is 50.8 Å². The number of carbonyl (C=O) groups excluding carboxylic acids is 1. The van der Waals surface area contributed by atoms with Crippen molar-refractivity contribution in [2.75, 3.05) is 26.5 Å². The highest BCUT2D eigenvalue weighted by Crippen LogP contribution is 2.26. The largest absolute Gasteiger partial charge is 0.465 e. The Morgan fingerprint density at radius 1 is 1.21 bits per heavy atom. The monoisotopic (exact) mass is 395 g/mol. The SMILES string of the molecule is COC(=O)c1ccc([C@@H]([C@H](C)Nc2nn(C)c(=O)c3cccnc23)N(C)C)cc1. The lowest BCUT2D eigenvalue weighted by molar-refractivity contribution is 0.0600. The number of anilines is 1. The van der Waals surface area contributed by atoms with Crippen LogP contribution in [0.25, 0.3) is 10.9 Å². The van der Waals surface area contributed by atoms with Gasteiger partial charge < -0.3 is 15.0 Å². The molecule has 0 radical (unpaired) electrons. The van der Waals surface area contributed by atoms with Crippen LogP contribution in [0.15, 0.2) is 47.4 Å². The van der Waals surface area contributed by atoms with E-state index in [9.17, 15) is 9.59 Å². The van der Waals surface area contributed by atoms with E-state index < -0.39 is 0 Å². The topological polar surface area (TPSA) is 89.3 Å². The highest BCUT2D eigenvalue weighted by Gasteiger charge is 2.23. The lowest BCUT2D eigenvalue weighted by atomic mass is 9.98. The van der Waals surface area contributed by atoms with E-state index in [2.05, 4.69) is 20.3 Å². The fourth-order valence-corrected chi connectivity index (χ4v) is 3.54. The van der Waals surface area contributed by atoms with Crippen LogP contribution in [0.1, 0.15) is 28.9 Å². The van der Waals surface area contributed by atoms with Gasteiger partial charge in [0.25, 0.3) is 5.56 Å². The van der Waals surface area contributed by atoms with Crippen LogP contribution in [-0.4, -0.2) is 52.9 Å². The van der Waals surface area contributed by atoms with Crippen molar-refractivity contribution in [3.05, 3.63) is 64.1 Å². The Hall–Kier alpha value is -3.26. The smallest absolute Gasteiger partial charge is 0.337 e. The number of pyridine rings is 1. The molecule has 3 rings (SSSR count). The van der Waals surface area contributed by atoms with Crippen molar-refractivity contribution in [2.45, 2.75) is 19.0 Å². The molecule has 3 aromatic rings. The number of methoxy groups -OCH3 is 1. The minimum Gasteiger partial charge on any atom is -0.465 e. The first kappa shape index (κ1) is 20.5. The lowest BCUT2D eigenvalue weighted by Crippen LogP contribution is -2.35. The van der Waals surface area contributed by atoms with Crippen molar-refractivity contribution in [1.82, 2.24) is 19.7 Å². The number of rotatable bonds is 6. The highest BCUT2D eigenvalue weighted by atomic mass is 16.5. The first-order valence-electron chi connectivity index (χ1n) is 9.26. The Balaban J connectivity index is 1.94. The van der Waals surface area contributed by atoms with Gasteiger partial charge in [-0.25, -0.2) is 9.48 Å². The van der Waals surface area contributed by atoms with Crippen molar-refractivity contribution >= 4 is 22.7 Å². The van der Waals surface area contributed by atoms with Crippen LogP contribution >= 0.6 is 0 Å². The van der Waals surface area contributed by atoms with Crippen LogP contribution in [0.3, 0.4) is 0 Å². The molecule has 29 heavy (non-hydrogen) atoms. The zero-order chi connectivity index (χ0) is 21.1. The molecule has 0 bridgehead atoms. The van der Waals surface area contributed by atoms with Crippen molar-refractivity contribution in [3.8, 4) is 0 Å². The molecule has 0 unspecified atom stereocenters. The molecule has 0 aliphatic carbocycles. The maximum atomic E-state index is 12.3. The predicted octanol–water partition coefficient (Wildman–Crippen LogP) is 2.22. The van der Waals surface area contributed by atoms with Gasteiger partial charge >= 0.3 is 5.97 Å². The van der Waals surface area contributed by atoms with Crippen LogP contribution in [0.5, 0.6) is 0 Å². The molecule has 1 aromatic carbocycles. The summed E-state index contributed by atoms with van der Waals surface area (Å²) in [5.74, 6) is 0.185. The van der Waals surface area contributed by atoms with Crippen LogP contribution in [0.2, 0.25) is 0 Å². The minimum atomic E-state index is -0.365. The van der Waals surface area contributed by atoms with E-state index in [0.29, 0.717) is 22.3 Å². The molecule has 152 valence electrons. The Morgan fingerprint density at radius 2 is 1.90 bits per heavy atom. The summed E-state index contributed by atoms with van der Waals surface area (Å²) in [6.45, 7) is 2.04. The number of fused-ring (bicyclic) bond motifs is 1. The average molecular weight is 395 g/mol. The molecule has 2 aromatic heterocycles. The molecule has 1 N–H and O–H groups in total. The Kier molecular flexibility index (Phi) is 5.93. The van der Waals surface area contributed by atoms with E-state index in [-0.39, 0.29) is 23.6 Å². The zero-order valence-corrected chi connectivity index (χ0v) is 17.2. The third-order valence-electron chi connectivity index (χ3n) is 4.87. The Morgan fingerprint density at radius 3 is 2.52 bits per heavy atom. The molecule has 0 amide bonds. The zero-order valence-electron chi connectivity index (χ0n) is 17.2. The summed E-state index contributed by atoms with van der Waals surface area (Å²) in [7, 11) is 6.96. The predicted molar refractivity (Wildman–Crippen MR) is 112 cm³/mol. The van der Waals surface area contributed by atoms with E-state index in [1.807, 2.05) is 33.2 Å². The normalized spacial score (nSPS) is 13.3. The third kappa shape index (κ3) is 4.12. The van der Waals surface area contributed by atoms with Gasteiger partial charge in [0, 0.05) is 19.3 Å². The molecule has 0 saturated carbocycles. The fourth-order valence-electron chi connectivity index (χ4n) is 3.54. The quantitative estimate of drug-likeness (QED) is 0.640. The van der Waals surface area contributed by atoms with E-state index >= 15 is 0 Å². The molecule has 0 spiro atoms. The van der Waals surface area contributed by atoms with Gasteiger partial charge in [0.05, 0.1) is 24.1 Å². The fraction of sp³-hybridized carbons (Fsp3) is 0.333. The lowest BCUT2D eigenvalue weighted by Gasteiger charge is -2.31. The van der Waals surface area contributed by atoms with Gasteiger partial charge in [-0.1, -0.05) is 12.1 Å². The minimum absolute atomic E-state index is 0.0144. The second-order valence-electron chi connectivity index (χ2n) is 7.13. The van der Waals surface area contributed by atoms with Gasteiger partial charge in [0.2, 0.25) is 0 Å². The number of aryl methyl sites for hydroxylation is 1. The van der Waals surface area contributed by atoms with Gasteiger partial charge in [-0.15, -0.1) is 0 Å². The average Bonchev–Trinajstić information content (AvgIpc) is 2.71. The number of benzene rings is 1. The van der Waals surface area contributed by atoms with Gasteiger partial charge in [0.15, 0.2) is 5.82 Å². The maximum absolute atomic E-state index is 12.3. The van der Waals surface area contributed by atoms with Gasteiger partial charge in [-0.3, -0.25) is 9.78 Å². The number of carbonyl (C=O) groups is 1. The molecule has 0 fully saturated rings. The summed E-state index contributed by atoms with van der Waals surface area (Å²) < 4.78 is 6.08. The van der Waals surface area contributed by atoms with E-state index in [0.717, 1.165) is 5.56 Å². The summed E-state index contributed by atoms with van der Waals surface area (Å²) in [6, 6.07) is 10.7. The highest BCUT2D eigenvalue weighted by molar-refractivity contribution is 5.89. The third-order valence-corrected chi connectivity index (χ3v) is 4.87. The molecular weight excluding hydrogens is 370 g/mol. The van der Waals surface area contributed by atoms with E-state index in [1.165, 1.54) is 11.8 Å². The molecule has 8 heteroatoms. The number of esters is 1.